The van der Waals surface area contributed by atoms with E-state index in [1.54, 1.807) is 35.9 Å². The molecule has 0 aliphatic carbocycles. The molecule has 1 N–H and O–H groups in total. The zero-order chi connectivity index (χ0) is 18.7. The lowest BCUT2D eigenvalue weighted by Gasteiger charge is -2.07. The van der Waals surface area contributed by atoms with Crippen molar-refractivity contribution in [3.8, 4) is 0 Å². The maximum Gasteiger partial charge on any atom is 0.284 e. The van der Waals surface area contributed by atoms with Gasteiger partial charge in [-0.3, -0.25) is 14.9 Å². The lowest BCUT2D eigenvalue weighted by Crippen LogP contribution is -2.12. The Kier molecular flexibility index (Phi) is 5.33. The van der Waals surface area contributed by atoms with Crippen LogP contribution in [0.5, 0.6) is 0 Å². The van der Waals surface area contributed by atoms with Crippen molar-refractivity contribution in [1.82, 2.24) is 14.8 Å². The van der Waals surface area contributed by atoms with Gasteiger partial charge < -0.3 is 9.88 Å². The van der Waals surface area contributed by atoms with Crippen LogP contribution in [-0.4, -0.2) is 25.6 Å². The number of rotatable bonds is 5. The predicted molar refractivity (Wildman–Crippen MR) is 100 cm³/mol. The highest BCUT2D eigenvalue weighted by atomic mass is 79.9. The Bertz CT molecular complexity index is 992. The van der Waals surface area contributed by atoms with E-state index in [0.717, 1.165) is 16.2 Å². The van der Waals surface area contributed by atoms with E-state index in [1.165, 1.54) is 18.5 Å². The Hall–Kier alpha value is -2.72. The Morgan fingerprint density at radius 2 is 2.12 bits per heavy atom. The minimum Gasteiger partial charge on any atom is -0.322 e. The minimum atomic E-state index is -0.519. The van der Waals surface area contributed by atoms with Crippen LogP contribution in [0.4, 0.5) is 11.4 Å². The molecule has 0 fully saturated rings. The molecular weight excluding hydrogens is 422 g/mol. The van der Waals surface area contributed by atoms with Gasteiger partial charge in [-0.05, 0) is 42.1 Å². The van der Waals surface area contributed by atoms with E-state index < -0.39 is 10.8 Å². The van der Waals surface area contributed by atoms with Crippen LogP contribution in [0.15, 0.2) is 63.3 Å². The summed E-state index contributed by atoms with van der Waals surface area (Å²) < 4.78 is 2.47. The molecule has 3 rings (SSSR count). The van der Waals surface area contributed by atoms with Gasteiger partial charge in [0.25, 0.3) is 11.6 Å². The summed E-state index contributed by atoms with van der Waals surface area (Å²) in [5.74, 6) is -0.429. The zero-order valence-corrected chi connectivity index (χ0v) is 15.8. The fourth-order valence-corrected chi connectivity index (χ4v) is 3.37. The molecule has 1 heterocycles. The number of nitrogens with one attached hydrogen (secondary N) is 1. The fraction of sp³-hybridized carbons (Fsp3) is 0.0625. The van der Waals surface area contributed by atoms with Gasteiger partial charge in [0.1, 0.15) is 6.33 Å². The number of hydrogen-bond acceptors (Lipinski definition) is 6. The van der Waals surface area contributed by atoms with Crippen LogP contribution in [0.3, 0.4) is 0 Å². The number of anilines is 1. The largest absolute Gasteiger partial charge is 0.322 e. The third-order valence-electron chi connectivity index (χ3n) is 3.37. The first kappa shape index (κ1) is 18.1. The molecule has 10 heteroatoms. The summed E-state index contributed by atoms with van der Waals surface area (Å²) in [6.07, 6.45) is 1.51. The van der Waals surface area contributed by atoms with Gasteiger partial charge in [0, 0.05) is 28.8 Å². The molecule has 8 nitrogen and oxygen atoms in total. The smallest absolute Gasteiger partial charge is 0.284 e. The van der Waals surface area contributed by atoms with Crippen molar-refractivity contribution in [3.05, 3.63) is 68.9 Å². The molecule has 0 atom stereocenters. The number of nitrogens with zero attached hydrogens (tertiary/aromatic N) is 4. The van der Waals surface area contributed by atoms with Gasteiger partial charge in [-0.2, -0.15) is 0 Å². The second-order valence-corrected chi connectivity index (χ2v) is 7.16. The minimum absolute atomic E-state index is 0.167. The average molecular weight is 434 g/mol. The van der Waals surface area contributed by atoms with E-state index in [-0.39, 0.29) is 11.3 Å². The zero-order valence-electron chi connectivity index (χ0n) is 13.4. The summed E-state index contributed by atoms with van der Waals surface area (Å²) in [6.45, 7) is 0. The quantitative estimate of drug-likeness (QED) is 0.483. The van der Waals surface area contributed by atoms with Gasteiger partial charge in [0.2, 0.25) is 0 Å². The molecule has 0 unspecified atom stereocenters. The van der Waals surface area contributed by atoms with E-state index in [1.807, 2.05) is 6.07 Å². The summed E-state index contributed by atoms with van der Waals surface area (Å²) in [5.41, 5.74) is 0.614. The van der Waals surface area contributed by atoms with Crippen LogP contribution in [0, 0.1) is 10.1 Å². The van der Waals surface area contributed by atoms with E-state index in [0.29, 0.717) is 15.7 Å². The van der Waals surface area contributed by atoms with Crippen LogP contribution < -0.4 is 5.32 Å². The van der Waals surface area contributed by atoms with Crippen molar-refractivity contribution >= 4 is 45.0 Å². The van der Waals surface area contributed by atoms with E-state index in [2.05, 4.69) is 31.4 Å². The first-order valence-electron chi connectivity index (χ1n) is 7.31. The molecular formula is C16H12BrN5O3S. The number of carbonyl (C=O) groups is 1. The lowest BCUT2D eigenvalue weighted by atomic mass is 10.2. The van der Waals surface area contributed by atoms with Gasteiger partial charge in [-0.25, -0.2) is 0 Å². The molecule has 1 amide bonds. The van der Waals surface area contributed by atoms with Gasteiger partial charge in [0.15, 0.2) is 5.16 Å². The Balaban J connectivity index is 1.87. The number of aryl methyl sites for hydroxylation is 1. The highest BCUT2D eigenvalue weighted by Crippen LogP contribution is 2.34. The molecule has 1 aromatic heterocycles. The predicted octanol–water partition coefficient (Wildman–Crippen LogP) is 3.89. The van der Waals surface area contributed by atoms with E-state index in [4.69, 9.17) is 0 Å². The Morgan fingerprint density at radius 1 is 1.31 bits per heavy atom. The first-order chi connectivity index (χ1) is 12.4. The second kappa shape index (κ2) is 7.67. The highest BCUT2D eigenvalue weighted by Gasteiger charge is 2.20. The van der Waals surface area contributed by atoms with Crippen molar-refractivity contribution in [2.24, 2.45) is 7.05 Å². The molecule has 3 aromatic rings. The van der Waals surface area contributed by atoms with E-state index in [9.17, 15) is 14.9 Å². The van der Waals surface area contributed by atoms with Crippen molar-refractivity contribution < 1.29 is 9.72 Å². The van der Waals surface area contributed by atoms with Crippen LogP contribution in [0.1, 0.15) is 10.4 Å². The molecule has 2 aromatic carbocycles. The van der Waals surface area contributed by atoms with Crippen molar-refractivity contribution in [2.45, 2.75) is 10.1 Å². The van der Waals surface area contributed by atoms with Gasteiger partial charge in [0.05, 0.1) is 9.82 Å². The fourth-order valence-electron chi connectivity index (χ4n) is 2.12. The highest BCUT2D eigenvalue weighted by molar-refractivity contribution is 9.10. The van der Waals surface area contributed by atoms with E-state index >= 15 is 0 Å². The summed E-state index contributed by atoms with van der Waals surface area (Å²) in [7, 11) is 1.74. The lowest BCUT2D eigenvalue weighted by molar-refractivity contribution is -0.387. The van der Waals surface area contributed by atoms with Gasteiger partial charge >= 0.3 is 0 Å². The number of carbonyl (C=O) groups excluding carboxylic acids is 1. The maximum atomic E-state index is 12.4. The number of nitro benzene ring substituents is 1. The van der Waals surface area contributed by atoms with Crippen molar-refractivity contribution in [2.75, 3.05) is 5.32 Å². The summed E-state index contributed by atoms with van der Waals surface area (Å²) in [5, 5.41) is 22.3. The molecule has 26 heavy (non-hydrogen) atoms. The van der Waals surface area contributed by atoms with Crippen LogP contribution in [0.25, 0.3) is 0 Å². The van der Waals surface area contributed by atoms with Crippen LogP contribution >= 0.6 is 27.7 Å². The van der Waals surface area contributed by atoms with Gasteiger partial charge in [-0.15, -0.1) is 10.2 Å². The Morgan fingerprint density at radius 3 is 2.77 bits per heavy atom. The number of amides is 1. The number of halogens is 1. The van der Waals surface area contributed by atoms with Crippen molar-refractivity contribution in [3.63, 3.8) is 0 Å². The Labute approximate surface area is 160 Å². The average Bonchev–Trinajstić information content (AvgIpc) is 3.00. The molecule has 0 saturated heterocycles. The number of benzene rings is 2. The molecule has 0 radical (unpaired) electrons. The standard InChI is InChI=1S/C16H12BrN5O3S/c1-21-9-18-20-16(21)26-14-6-5-10(7-13(14)22(24)25)15(23)19-12-4-2-3-11(17)8-12/h2-9H,1H3,(H,19,23). The molecule has 0 saturated carbocycles. The summed E-state index contributed by atoms with van der Waals surface area (Å²) in [6, 6.07) is 11.4. The molecule has 0 aliphatic rings. The second-order valence-electron chi connectivity index (χ2n) is 5.23. The molecule has 0 spiro atoms. The van der Waals surface area contributed by atoms with Crippen molar-refractivity contribution in [1.29, 1.82) is 0 Å². The number of aromatic nitrogens is 3. The van der Waals surface area contributed by atoms with Crippen LogP contribution in [-0.2, 0) is 7.05 Å². The first-order valence-corrected chi connectivity index (χ1v) is 8.92. The third-order valence-corrected chi connectivity index (χ3v) is 4.98. The number of hydrogen-bond donors (Lipinski definition) is 1. The molecule has 0 bridgehead atoms. The third kappa shape index (κ3) is 4.09. The number of nitro groups is 1. The topological polar surface area (TPSA) is 103 Å². The SMILES string of the molecule is Cn1cnnc1Sc1ccc(C(=O)Nc2cccc(Br)c2)cc1[N+](=O)[O-]. The van der Waals surface area contributed by atoms with Crippen LogP contribution in [0.2, 0.25) is 0 Å². The monoisotopic (exact) mass is 433 g/mol. The maximum absolute atomic E-state index is 12.4. The summed E-state index contributed by atoms with van der Waals surface area (Å²) >= 11 is 4.44. The van der Waals surface area contributed by atoms with Gasteiger partial charge in [-0.1, -0.05) is 22.0 Å². The summed E-state index contributed by atoms with van der Waals surface area (Å²) in [4.78, 5) is 23.7. The normalized spacial score (nSPS) is 10.5. The molecule has 0 aliphatic heterocycles. The molecule has 132 valence electrons.